The van der Waals surface area contributed by atoms with Crippen LogP contribution in [0.25, 0.3) is 0 Å². The molecule has 1 unspecified atom stereocenters. The third-order valence-corrected chi connectivity index (χ3v) is 3.41. The molecule has 112 valence electrons. The molecule has 0 spiro atoms. The summed E-state index contributed by atoms with van der Waals surface area (Å²) in [7, 11) is 1.70. The summed E-state index contributed by atoms with van der Waals surface area (Å²) < 4.78 is 0. The number of nitro groups is 2. The highest BCUT2D eigenvalue weighted by atomic mass is 16.6. The Hall–Kier alpha value is -2.71. The Morgan fingerprint density at radius 1 is 1.29 bits per heavy atom. The van der Waals surface area contributed by atoms with E-state index in [-0.39, 0.29) is 35.4 Å². The molecule has 1 amide bonds. The normalized spacial score (nSPS) is 18.4. The molecule has 0 saturated carbocycles. The fourth-order valence-electron chi connectivity index (χ4n) is 2.19. The number of hydrogen-bond donors (Lipinski definition) is 1. The van der Waals surface area contributed by atoms with Gasteiger partial charge in [0.25, 0.3) is 11.4 Å². The van der Waals surface area contributed by atoms with Crippen molar-refractivity contribution in [2.75, 3.05) is 18.9 Å². The molecule has 0 bridgehead atoms. The molecular weight excluding hydrogens is 280 g/mol. The third-order valence-electron chi connectivity index (χ3n) is 3.41. The van der Waals surface area contributed by atoms with E-state index < -0.39 is 9.85 Å². The van der Waals surface area contributed by atoms with Crippen molar-refractivity contribution < 1.29 is 14.6 Å². The summed E-state index contributed by atoms with van der Waals surface area (Å²) in [4.78, 5) is 33.6. The number of non-ortho nitro benzene ring substituents is 1. The molecule has 9 heteroatoms. The zero-order chi connectivity index (χ0) is 15.6. The molecule has 1 saturated heterocycles. The van der Waals surface area contributed by atoms with Gasteiger partial charge in [-0.3, -0.25) is 25.0 Å². The molecule has 1 N–H and O–H groups in total. The smallest absolute Gasteiger partial charge is 0.299 e. The molecule has 1 aliphatic heterocycles. The summed E-state index contributed by atoms with van der Waals surface area (Å²) in [6, 6.07) is 3.21. The summed E-state index contributed by atoms with van der Waals surface area (Å²) >= 11 is 0. The second-order valence-electron chi connectivity index (χ2n) is 4.87. The van der Waals surface area contributed by atoms with Crippen molar-refractivity contribution in [3.8, 4) is 0 Å². The van der Waals surface area contributed by atoms with Crippen LogP contribution >= 0.6 is 0 Å². The number of likely N-dealkylation sites (tertiary alicyclic amines) is 1. The van der Waals surface area contributed by atoms with Crippen molar-refractivity contribution in [1.29, 1.82) is 0 Å². The lowest BCUT2D eigenvalue weighted by Gasteiger charge is -2.29. The van der Waals surface area contributed by atoms with Gasteiger partial charge >= 0.3 is 0 Å². The standard InChI is InChI=1S/C12H14N4O5/c1-14-5-4-8(6-12(14)17)13-10-3-2-9(15(18)19)7-11(10)16(20)21/h2-3,7-8,13H,4-6H2,1H3. The molecule has 0 aliphatic carbocycles. The van der Waals surface area contributed by atoms with Gasteiger partial charge in [-0.1, -0.05) is 0 Å². The van der Waals surface area contributed by atoms with Crippen molar-refractivity contribution in [3.63, 3.8) is 0 Å². The maximum absolute atomic E-state index is 11.6. The topological polar surface area (TPSA) is 119 Å². The maximum atomic E-state index is 11.6. The van der Waals surface area contributed by atoms with Gasteiger partial charge in [0.1, 0.15) is 5.69 Å². The van der Waals surface area contributed by atoms with E-state index in [2.05, 4.69) is 5.32 Å². The van der Waals surface area contributed by atoms with Crippen molar-refractivity contribution in [2.45, 2.75) is 18.9 Å². The number of nitro benzene ring substituents is 2. The SMILES string of the molecule is CN1CCC(Nc2ccc([N+](=O)[O-])cc2[N+](=O)[O-])CC1=O. The Morgan fingerprint density at radius 2 is 2.00 bits per heavy atom. The number of nitrogens with zero attached hydrogens (tertiary/aromatic N) is 3. The number of hydrogen-bond acceptors (Lipinski definition) is 6. The van der Waals surface area contributed by atoms with Gasteiger partial charge in [-0.2, -0.15) is 0 Å². The van der Waals surface area contributed by atoms with E-state index in [0.29, 0.717) is 13.0 Å². The minimum absolute atomic E-state index is 0.0386. The van der Waals surface area contributed by atoms with Crippen LogP contribution in [0.1, 0.15) is 12.8 Å². The number of nitrogens with one attached hydrogen (secondary N) is 1. The van der Waals surface area contributed by atoms with Gasteiger partial charge in [0.2, 0.25) is 5.91 Å². The Morgan fingerprint density at radius 3 is 2.57 bits per heavy atom. The summed E-state index contributed by atoms with van der Waals surface area (Å²) in [6.45, 7) is 0.567. The Kier molecular flexibility index (Phi) is 4.01. The largest absolute Gasteiger partial charge is 0.376 e. The molecule has 0 radical (unpaired) electrons. The van der Waals surface area contributed by atoms with Crippen LogP contribution in [0.5, 0.6) is 0 Å². The number of benzene rings is 1. The van der Waals surface area contributed by atoms with Crippen LogP contribution in [0.3, 0.4) is 0 Å². The van der Waals surface area contributed by atoms with Gasteiger partial charge in [0.05, 0.1) is 15.9 Å². The van der Waals surface area contributed by atoms with Gasteiger partial charge in [0.15, 0.2) is 0 Å². The molecular formula is C12H14N4O5. The first kappa shape index (κ1) is 14.7. The number of carbonyl (C=O) groups is 1. The monoisotopic (exact) mass is 294 g/mol. The van der Waals surface area contributed by atoms with Crippen molar-refractivity contribution in [3.05, 3.63) is 38.4 Å². The average molecular weight is 294 g/mol. The molecule has 1 aliphatic rings. The highest BCUT2D eigenvalue weighted by molar-refractivity contribution is 5.78. The van der Waals surface area contributed by atoms with Crippen LogP contribution in [-0.4, -0.2) is 40.3 Å². The molecule has 2 rings (SSSR count). The Bertz CT molecular complexity index is 603. The Balaban J connectivity index is 2.21. The summed E-state index contributed by atoms with van der Waals surface area (Å²) in [5, 5.41) is 24.6. The minimum atomic E-state index is -0.685. The quantitative estimate of drug-likeness (QED) is 0.664. The minimum Gasteiger partial charge on any atom is -0.376 e. The van der Waals surface area contributed by atoms with Gasteiger partial charge in [-0.05, 0) is 12.5 Å². The highest BCUT2D eigenvalue weighted by Crippen LogP contribution is 2.30. The highest BCUT2D eigenvalue weighted by Gasteiger charge is 2.26. The van der Waals surface area contributed by atoms with E-state index in [9.17, 15) is 25.0 Å². The van der Waals surface area contributed by atoms with E-state index in [1.807, 2.05) is 0 Å². The first-order valence-electron chi connectivity index (χ1n) is 6.32. The second-order valence-corrected chi connectivity index (χ2v) is 4.87. The number of anilines is 1. The van der Waals surface area contributed by atoms with Crippen molar-refractivity contribution >= 4 is 23.0 Å². The lowest BCUT2D eigenvalue weighted by molar-refractivity contribution is -0.393. The predicted molar refractivity (Wildman–Crippen MR) is 74.0 cm³/mol. The van der Waals surface area contributed by atoms with Crippen molar-refractivity contribution in [1.82, 2.24) is 4.90 Å². The summed E-state index contributed by atoms with van der Waals surface area (Å²) in [6.07, 6.45) is 0.904. The van der Waals surface area contributed by atoms with Crippen LogP contribution in [-0.2, 0) is 4.79 Å². The van der Waals surface area contributed by atoms with E-state index in [1.54, 1.807) is 11.9 Å². The fourth-order valence-corrected chi connectivity index (χ4v) is 2.19. The van der Waals surface area contributed by atoms with Crippen LogP contribution in [0.2, 0.25) is 0 Å². The molecule has 1 aromatic carbocycles. The van der Waals surface area contributed by atoms with Crippen molar-refractivity contribution in [2.24, 2.45) is 0 Å². The molecule has 1 heterocycles. The Labute approximate surface area is 119 Å². The number of rotatable bonds is 4. The first-order valence-corrected chi connectivity index (χ1v) is 6.32. The molecule has 0 aromatic heterocycles. The van der Waals surface area contributed by atoms with Gasteiger partial charge in [-0.25, -0.2) is 0 Å². The van der Waals surface area contributed by atoms with E-state index >= 15 is 0 Å². The van der Waals surface area contributed by atoms with E-state index in [1.165, 1.54) is 12.1 Å². The van der Waals surface area contributed by atoms with Gasteiger partial charge in [-0.15, -0.1) is 0 Å². The third kappa shape index (κ3) is 3.25. The van der Waals surface area contributed by atoms with Crippen LogP contribution in [0, 0.1) is 20.2 Å². The first-order chi connectivity index (χ1) is 9.88. The number of carbonyl (C=O) groups excluding carboxylic acids is 1. The molecule has 21 heavy (non-hydrogen) atoms. The lowest BCUT2D eigenvalue weighted by atomic mass is 10.0. The van der Waals surface area contributed by atoms with Crippen LogP contribution < -0.4 is 5.32 Å². The number of amides is 1. The van der Waals surface area contributed by atoms with E-state index in [0.717, 1.165) is 6.07 Å². The van der Waals surface area contributed by atoms with Crippen LogP contribution in [0.4, 0.5) is 17.1 Å². The zero-order valence-electron chi connectivity index (χ0n) is 11.3. The van der Waals surface area contributed by atoms with Gasteiger partial charge < -0.3 is 10.2 Å². The lowest BCUT2D eigenvalue weighted by Crippen LogP contribution is -2.41. The molecule has 1 fully saturated rings. The second kappa shape index (κ2) is 5.73. The van der Waals surface area contributed by atoms with E-state index in [4.69, 9.17) is 0 Å². The molecule has 1 atom stereocenters. The number of piperidine rings is 1. The predicted octanol–water partition coefficient (Wildman–Crippen LogP) is 1.54. The van der Waals surface area contributed by atoms with Crippen LogP contribution in [0.15, 0.2) is 18.2 Å². The maximum Gasteiger partial charge on any atom is 0.299 e. The fraction of sp³-hybridized carbons (Fsp3) is 0.417. The summed E-state index contributed by atoms with van der Waals surface area (Å²) in [5.74, 6) is -0.0386. The van der Waals surface area contributed by atoms with Gasteiger partial charge in [0, 0.05) is 32.1 Å². The summed E-state index contributed by atoms with van der Waals surface area (Å²) in [5.41, 5.74) is -0.518. The molecule has 9 nitrogen and oxygen atoms in total. The molecule has 1 aromatic rings. The average Bonchev–Trinajstić information content (AvgIpc) is 2.43. The zero-order valence-corrected chi connectivity index (χ0v) is 11.3.